The molecule has 0 N–H and O–H groups in total. The van der Waals surface area contributed by atoms with Crippen molar-refractivity contribution in [3.05, 3.63) is 21.8 Å². The van der Waals surface area contributed by atoms with Crippen molar-refractivity contribution in [2.75, 3.05) is 14.2 Å². The Morgan fingerprint density at radius 1 is 1.24 bits per heavy atom. The van der Waals surface area contributed by atoms with Gasteiger partial charge in [0.1, 0.15) is 21.7 Å². The van der Waals surface area contributed by atoms with E-state index in [9.17, 15) is 0 Å². The topological polar surface area (TPSA) is 44.2 Å². The lowest BCUT2D eigenvalue weighted by molar-refractivity contribution is 0.390. The summed E-state index contributed by atoms with van der Waals surface area (Å²) in [5.74, 6) is 1.31. The molecule has 0 radical (unpaired) electrons. The highest BCUT2D eigenvalue weighted by Crippen LogP contribution is 2.42. The van der Waals surface area contributed by atoms with E-state index in [1.165, 1.54) is 0 Å². The number of benzene rings is 1. The van der Waals surface area contributed by atoms with Crippen molar-refractivity contribution in [1.82, 2.24) is 8.75 Å². The van der Waals surface area contributed by atoms with Crippen LogP contribution in [0.1, 0.15) is 0 Å². The second kappa shape index (κ2) is 5.20. The second-order valence-corrected chi connectivity index (χ2v) is 4.75. The minimum Gasteiger partial charge on any atom is -0.495 e. The largest absolute Gasteiger partial charge is 0.495 e. The number of rotatable bonds is 3. The minimum atomic E-state index is 0.366. The Bertz CT molecular complexity index is 547. The molecule has 7 heteroatoms. The van der Waals surface area contributed by atoms with E-state index in [1.54, 1.807) is 14.2 Å². The summed E-state index contributed by atoms with van der Waals surface area (Å²) >= 11 is 10.5. The van der Waals surface area contributed by atoms with Gasteiger partial charge < -0.3 is 9.47 Å². The van der Waals surface area contributed by atoms with Gasteiger partial charge in [-0.3, -0.25) is 0 Å². The molecule has 0 fully saturated rings. The van der Waals surface area contributed by atoms with Crippen LogP contribution in [-0.4, -0.2) is 23.0 Å². The predicted molar refractivity (Wildman–Crippen MR) is 71.2 cm³/mol. The van der Waals surface area contributed by atoms with E-state index in [0.29, 0.717) is 22.3 Å². The maximum absolute atomic E-state index is 5.96. The summed E-state index contributed by atoms with van der Waals surface area (Å²) in [5, 5.41) is 0.366. The van der Waals surface area contributed by atoms with Gasteiger partial charge in [0, 0.05) is 5.56 Å². The SMILES string of the molecule is COc1ccc(-c2nsnc2Cl)c(OC)c1Br. The Hall–Kier alpha value is -0.850. The normalized spacial score (nSPS) is 10.4. The average molecular weight is 336 g/mol. The average Bonchev–Trinajstić information content (AvgIpc) is 2.75. The van der Waals surface area contributed by atoms with Crippen molar-refractivity contribution in [3.63, 3.8) is 0 Å². The second-order valence-electron chi connectivity index (χ2n) is 3.07. The van der Waals surface area contributed by atoms with Crippen LogP contribution in [0.15, 0.2) is 16.6 Å². The number of methoxy groups -OCH3 is 2. The maximum atomic E-state index is 5.96. The summed E-state index contributed by atoms with van der Waals surface area (Å²) in [6.45, 7) is 0. The Kier molecular flexibility index (Phi) is 3.86. The monoisotopic (exact) mass is 334 g/mol. The number of hydrogen-bond donors (Lipinski definition) is 0. The molecule has 2 rings (SSSR count). The van der Waals surface area contributed by atoms with Gasteiger partial charge in [-0.05, 0) is 28.1 Å². The van der Waals surface area contributed by atoms with Crippen LogP contribution >= 0.6 is 39.3 Å². The quantitative estimate of drug-likeness (QED) is 0.859. The van der Waals surface area contributed by atoms with Crippen LogP contribution in [0.4, 0.5) is 0 Å². The molecule has 0 saturated carbocycles. The van der Waals surface area contributed by atoms with Gasteiger partial charge in [0.15, 0.2) is 5.15 Å². The molecule has 1 heterocycles. The highest BCUT2D eigenvalue weighted by atomic mass is 79.9. The third kappa shape index (κ3) is 2.25. The van der Waals surface area contributed by atoms with Crippen molar-refractivity contribution in [2.24, 2.45) is 0 Å². The molecule has 0 bridgehead atoms. The van der Waals surface area contributed by atoms with Gasteiger partial charge in [-0.25, -0.2) is 0 Å². The molecule has 0 aliphatic rings. The fraction of sp³-hybridized carbons (Fsp3) is 0.200. The molecule has 0 aliphatic heterocycles. The highest BCUT2D eigenvalue weighted by molar-refractivity contribution is 9.10. The Morgan fingerprint density at radius 2 is 2.00 bits per heavy atom. The highest BCUT2D eigenvalue weighted by Gasteiger charge is 2.18. The Labute approximate surface area is 116 Å². The first-order chi connectivity index (χ1) is 8.19. The first-order valence-corrected chi connectivity index (χ1v) is 6.48. The zero-order valence-corrected chi connectivity index (χ0v) is 12.2. The molecule has 0 amide bonds. The van der Waals surface area contributed by atoms with Gasteiger partial charge in [-0.2, -0.15) is 8.75 Å². The summed E-state index contributed by atoms with van der Waals surface area (Å²) in [5.41, 5.74) is 1.38. The van der Waals surface area contributed by atoms with E-state index in [2.05, 4.69) is 24.7 Å². The summed E-state index contributed by atoms with van der Waals surface area (Å²) in [4.78, 5) is 0. The molecule has 90 valence electrons. The van der Waals surface area contributed by atoms with Crippen molar-refractivity contribution < 1.29 is 9.47 Å². The van der Waals surface area contributed by atoms with Crippen molar-refractivity contribution in [2.45, 2.75) is 0 Å². The fourth-order valence-electron chi connectivity index (χ4n) is 1.42. The molecule has 1 aromatic carbocycles. The van der Waals surface area contributed by atoms with Gasteiger partial charge >= 0.3 is 0 Å². The molecule has 2 aromatic rings. The smallest absolute Gasteiger partial charge is 0.171 e. The number of ether oxygens (including phenoxy) is 2. The molecule has 0 unspecified atom stereocenters. The van der Waals surface area contributed by atoms with Crippen LogP contribution in [0.5, 0.6) is 11.5 Å². The van der Waals surface area contributed by atoms with Crippen LogP contribution in [0.2, 0.25) is 5.15 Å². The first kappa shape index (κ1) is 12.6. The molecule has 1 aromatic heterocycles. The van der Waals surface area contributed by atoms with Gasteiger partial charge in [0.25, 0.3) is 0 Å². The van der Waals surface area contributed by atoms with E-state index in [0.717, 1.165) is 21.8 Å². The Morgan fingerprint density at radius 3 is 2.53 bits per heavy atom. The van der Waals surface area contributed by atoms with E-state index < -0.39 is 0 Å². The molecule has 0 saturated heterocycles. The summed E-state index contributed by atoms with van der Waals surface area (Å²) < 4.78 is 19.4. The third-order valence-corrected chi connectivity index (χ3v) is 3.83. The molecular formula is C10H8BrClN2O2S. The molecule has 0 spiro atoms. The van der Waals surface area contributed by atoms with E-state index in [4.69, 9.17) is 21.1 Å². The zero-order chi connectivity index (χ0) is 12.4. The molecule has 17 heavy (non-hydrogen) atoms. The molecule has 4 nitrogen and oxygen atoms in total. The lowest BCUT2D eigenvalue weighted by Gasteiger charge is -2.11. The van der Waals surface area contributed by atoms with E-state index in [1.807, 2.05) is 12.1 Å². The number of halogens is 2. The first-order valence-electron chi connectivity index (χ1n) is 4.58. The lowest BCUT2D eigenvalue weighted by Crippen LogP contribution is -1.93. The van der Waals surface area contributed by atoms with Crippen LogP contribution < -0.4 is 9.47 Å². The maximum Gasteiger partial charge on any atom is 0.171 e. The summed E-state index contributed by atoms with van der Waals surface area (Å²) in [6, 6.07) is 3.66. The number of hydrogen-bond acceptors (Lipinski definition) is 5. The molecule has 0 atom stereocenters. The third-order valence-electron chi connectivity index (χ3n) is 2.19. The van der Waals surface area contributed by atoms with Gasteiger partial charge in [-0.15, -0.1) is 0 Å². The van der Waals surface area contributed by atoms with Gasteiger partial charge in [0.2, 0.25) is 0 Å². The fourth-order valence-corrected chi connectivity index (χ4v) is 2.84. The predicted octanol–water partition coefficient (Wildman–Crippen LogP) is 3.64. The van der Waals surface area contributed by atoms with Crippen LogP contribution in [-0.2, 0) is 0 Å². The number of nitrogens with zero attached hydrogens (tertiary/aromatic N) is 2. The van der Waals surface area contributed by atoms with Gasteiger partial charge in [0.05, 0.1) is 25.9 Å². The van der Waals surface area contributed by atoms with E-state index >= 15 is 0 Å². The minimum absolute atomic E-state index is 0.366. The van der Waals surface area contributed by atoms with Crippen LogP contribution in [0, 0.1) is 0 Å². The zero-order valence-electron chi connectivity index (χ0n) is 9.03. The lowest BCUT2D eigenvalue weighted by atomic mass is 10.1. The standard InChI is InChI=1S/C10H8BrClN2O2S/c1-15-6-4-3-5(9(16-2)7(6)11)8-10(12)14-17-13-8/h3-4H,1-2H3. The van der Waals surface area contributed by atoms with Crippen molar-refractivity contribution in [1.29, 1.82) is 0 Å². The summed E-state index contributed by atoms with van der Waals surface area (Å²) in [7, 11) is 3.17. The van der Waals surface area contributed by atoms with Crippen molar-refractivity contribution in [3.8, 4) is 22.8 Å². The molecular weight excluding hydrogens is 328 g/mol. The van der Waals surface area contributed by atoms with E-state index in [-0.39, 0.29) is 0 Å². The summed E-state index contributed by atoms with van der Waals surface area (Å²) in [6.07, 6.45) is 0. The van der Waals surface area contributed by atoms with Crippen LogP contribution in [0.3, 0.4) is 0 Å². The Balaban J connectivity index is 2.63. The molecule has 0 aliphatic carbocycles. The van der Waals surface area contributed by atoms with Crippen LogP contribution in [0.25, 0.3) is 11.3 Å². The van der Waals surface area contributed by atoms with Crippen molar-refractivity contribution >= 4 is 39.3 Å². The number of aromatic nitrogens is 2. The van der Waals surface area contributed by atoms with Gasteiger partial charge in [-0.1, -0.05) is 11.6 Å².